The van der Waals surface area contributed by atoms with E-state index in [0.717, 1.165) is 6.07 Å². The molecule has 156 valence electrons. The van der Waals surface area contributed by atoms with E-state index in [1.807, 2.05) is 10.0 Å². The molecule has 0 bridgehead atoms. The van der Waals surface area contributed by atoms with Gasteiger partial charge < -0.3 is 10.1 Å². The van der Waals surface area contributed by atoms with E-state index in [1.165, 1.54) is 6.92 Å². The fourth-order valence-electron chi connectivity index (χ4n) is 1.84. The number of amides is 3. The zero-order valence-electron chi connectivity index (χ0n) is 15.4. The Morgan fingerprint density at radius 1 is 1.11 bits per heavy atom. The van der Waals surface area contributed by atoms with Gasteiger partial charge in [0, 0.05) is 12.6 Å². The average molecular weight is 421 g/mol. The standard InChI is InChI=1S/C16H21F2N3O6S/c1-9(2)20-16(24)21-15(23)10(3)27-14(22)6-7-19-28(25,26)11-4-5-12(17)13(18)8-11/h4-5,8-10,19H,6-7H2,1-3H3,(H2,20,21,23,24). The van der Waals surface area contributed by atoms with Crippen LogP contribution in [-0.2, 0) is 24.3 Å². The molecule has 1 unspecified atom stereocenters. The molecule has 1 aromatic carbocycles. The van der Waals surface area contributed by atoms with Gasteiger partial charge in [-0.1, -0.05) is 0 Å². The highest BCUT2D eigenvalue weighted by molar-refractivity contribution is 7.89. The summed E-state index contributed by atoms with van der Waals surface area (Å²) in [7, 11) is -4.16. The normalized spacial score (nSPS) is 12.4. The first-order chi connectivity index (χ1) is 12.9. The molecule has 0 aliphatic rings. The molecular weight excluding hydrogens is 400 g/mol. The maximum atomic E-state index is 13.1. The molecule has 0 saturated carbocycles. The van der Waals surface area contributed by atoms with Crippen molar-refractivity contribution in [3.05, 3.63) is 29.8 Å². The summed E-state index contributed by atoms with van der Waals surface area (Å²) in [6.07, 6.45) is -1.72. The van der Waals surface area contributed by atoms with Gasteiger partial charge in [-0.05, 0) is 39.0 Å². The van der Waals surface area contributed by atoms with E-state index in [4.69, 9.17) is 4.74 Å². The first kappa shape index (κ1) is 23.4. The number of sulfonamides is 1. The Bertz CT molecular complexity index is 845. The second-order valence-corrected chi connectivity index (χ2v) is 7.74. The predicted octanol–water partition coefficient (Wildman–Crippen LogP) is 0.799. The van der Waals surface area contributed by atoms with Crippen molar-refractivity contribution in [2.45, 2.75) is 44.2 Å². The van der Waals surface area contributed by atoms with Crippen molar-refractivity contribution < 1.29 is 36.3 Å². The molecule has 9 nitrogen and oxygen atoms in total. The van der Waals surface area contributed by atoms with E-state index in [0.29, 0.717) is 12.1 Å². The third kappa shape index (κ3) is 7.56. The van der Waals surface area contributed by atoms with Gasteiger partial charge in [-0.25, -0.2) is 26.7 Å². The molecule has 0 radical (unpaired) electrons. The molecule has 1 rings (SSSR count). The van der Waals surface area contributed by atoms with Crippen LogP contribution in [0.25, 0.3) is 0 Å². The number of hydrogen-bond donors (Lipinski definition) is 3. The van der Waals surface area contributed by atoms with Gasteiger partial charge in [0.1, 0.15) is 0 Å². The highest BCUT2D eigenvalue weighted by Crippen LogP contribution is 2.13. The third-order valence-corrected chi connectivity index (χ3v) is 4.62. The maximum Gasteiger partial charge on any atom is 0.321 e. The van der Waals surface area contributed by atoms with Crippen molar-refractivity contribution in [1.82, 2.24) is 15.4 Å². The van der Waals surface area contributed by atoms with E-state index >= 15 is 0 Å². The number of ether oxygens (including phenoxy) is 1. The van der Waals surface area contributed by atoms with Crippen LogP contribution in [0.15, 0.2) is 23.1 Å². The molecule has 28 heavy (non-hydrogen) atoms. The lowest BCUT2D eigenvalue weighted by Gasteiger charge is -2.14. The van der Waals surface area contributed by atoms with Gasteiger partial charge in [0.05, 0.1) is 11.3 Å². The predicted molar refractivity (Wildman–Crippen MR) is 93.5 cm³/mol. The molecular formula is C16H21F2N3O6S. The smallest absolute Gasteiger partial charge is 0.321 e. The van der Waals surface area contributed by atoms with Crippen LogP contribution in [0, 0.1) is 11.6 Å². The van der Waals surface area contributed by atoms with Crippen molar-refractivity contribution >= 4 is 27.9 Å². The SMILES string of the molecule is CC(C)NC(=O)NC(=O)C(C)OC(=O)CCNS(=O)(=O)c1ccc(F)c(F)c1. The Balaban J connectivity index is 2.48. The highest BCUT2D eigenvalue weighted by Gasteiger charge is 2.21. The fraction of sp³-hybridized carbons (Fsp3) is 0.438. The minimum atomic E-state index is -4.16. The monoisotopic (exact) mass is 421 g/mol. The minimum absolute atomic E-state index is 0.201. The van der Waals surface area contributed by atoms with E-state index in [9.17, 15) is 31.6 Å². The maximum absolute atomic E-state index is 13.1. The van der Waals surface area contributed by atoms with Gasteiger partial charge >= 0.3 is 12.0 Å². The summed E-state index contributed by atoms with van der Waals surface area (Å²) in [5.74, 6) is -4.28. The molecule has 0 aromatic heterocycles. The number of carbonyl (C=O) groups excluding carboxylic acids is 3. The number of hydrogen-bond acceptors (Lipinski definition) is 6. The number of halogens is 2. The van der Waals surface area contributed by atoms with Crippen molar-refractivity contribution in [2.75, 3.05) is 6.54 Å². The molecule has 0 spiro atoms. The van der Waals surface area contributed by atoms with E-state index in [-0.39, 0.29) is 6.04 Å². The highest BCUT2D eigenvalue weighted by atomic mass is 32.2. The number of urea groups is 1. The second-order valence-electron chi connectivity index (χ2n) is 5.97. The van der Waals surface area contributed by atoms with Crippen LogP contribution >= 0.6 is 0 Å². The van der Waals surface area contributed by atoms with E-state index in [2.05, 4.69) is 5.32 Å². The number of carbonyl (C=O) groups is 3. The number of nitrogens with one attached hydrogen (secondary N) is 3. The zero-order chi connectivity index (χ0) is 21.5. The molecule has 0 fully saturated rings. The van der Waals surface area contributed by atoms with Gasteiger partial charge in [-0.15, -0.1) is 0 Å². The van der Waals surface area contributed by atoms with Gasteiger partial charge in [0.2, 0.25) is 10.0 Å². The molecule has 12 heteroatoms. The zero-order valence-corrected chi connectivity index (χ0v) is 16.2. The van der Waals surface area contributed by atoms with Gasteiger partial charge in [-0.3, -0.25) is 14.9 Å². The van der Waals surface area contributed by atoms with Gasteiger partial charge in [0.15, 0.2) is 17.7 Å². The fourth-order valence-corrected chi connectivity index (χ4v) is 2.88. The summed E-state index contributed by atoms with van der Waals surface area (Å²) in [6.45, 7) is 4.22. The minimum Gasteiger partial charge on any atom is -0.452 e. The molecule has 3 amide bonds. The molecule has 0 aliphatic carbocycles. The van der Waals surface area contributed by atoms with Gasteiger partial charge in [-0.2, -0.15) is 0 Å². The Morgan fingerprint density at radius 3 is 2.32 bits per heavy atom. The lowest BCUT2D eigenvalue weighted by Crippen LogP contribution is -2.46. The van der Waals surface area contributed by atoms with Crippen molar-refractivity contribution in [1.29, 1.82) is 0 Å². The Kier molecular flexibility index (Phi) is 8.44. The molecule has 0 aliphatic heterocycles. The number of esters is 1. The number of rotatable bonds is 8. The van der Waals surface area contributed by atoms with Crippen molar-refractivity contribution in [3.8, 4) is 0 Å². The third-order valence-electron chi connectivity index (χ3n) is 3.16. The van der Waals surface area contributed by atoms with Crippen molar-refractivity contribution in [3.63, 3.8) is 0 Å². The summed E-state index contributed by atoms with van der Waals surface area (Å²) in [6, 6.07) is 1.09. The molecule has 0 heterocycles. The van der Waals surface area contributed by atoms with Crippen LogP contribution in [0.5, 0.6) is 0 Å². The average Bonchev–Trinajstić information content (AvgIpc) is 2.56. The number of imide groups is 1. The Morgan fingerprint density at radius 2 is 1.75 bits per heavy atom. The first-order valence-electron chi connectivity index (χ1n) is 8.18. The first-order valence-corrected chi connectivity index (χ1v) is 9.66. The summed E-state index contributed by atoms with van der Waals surface area (Å²) in [5, 5.41) is 4.40. The topological polar surface area (TPSA) is 131 Å². The summed E-state index contributed by atoms with van der Waals surface area (Å²) in [5.41, 5.74) is 0. The van der Waals surface area contributed by atoms with Crippen LogP contribution in [0.1, 0.15) is 27.2 Å². The molecule has 3 N–H and O–H groups in total. The molecule has 1 atom stereocenters. The quantitative estimate of drug-likeness (QED) is 0.532. The van der Waals surface area contributed by atoms with Crippen LogP contribution < -0.4 is 15.4 Å². The second kappa shape index (κ2) is 10.1. The lowest BCUT2D eigenvalue weighted by atomic mass is 10.3. The van der Waals surface area contributed by atoms with Crippen LogP contribution in [0.3, 0.4) is 0 Å². The molecule has 0 saturated heterocycles. The van der Waals surface area contributed by atoms with Gasteiger partial charge in [0.25, 0.3) is 5.91 Å². The van der Waals surface area contributed by atoms with E-state index in [1.54, 1.807) is 13.8 Å². The van der Waals surface area contributed by atoms with Crippen LogP contribution in [-0.4, -0.2) is 45.0 Å². The summed E-state index contributed by atoms with van der Waals surface area (Å²) >= 11 is 0. The summed E-state index contributed by atoms with van der Waals surface area (Å²) in [4.78, 5) is 34.3. The van der Waals surface area contributed by atoms with E-state index < -0.39 is 63.5 Å². The van der Waals surface area contributed by atoms with Crippen molar-refractivity contribution in [2.24, 2.45) is 0 Å². The number of benzene rings is 1. The van der Waals surface area contributed by atoms with Crippen LogP contribution in [0.4, 0.5) is 13.6 Å². The Labute approximate surface area is 160 Å². The molecule has 1 aromatic rings. The lowest BCUT2D eigenvalue weighted by molar-refractivity contribution is -0.154. The Hall–Kier alpha value is -2.60. The largest absolute Gasteiger partial charge is 0.452 e. The van der Waals surface area contributed by atoms with Crippen LogP contribution in [0.2, 0.25) is 0 Å². The summed E-state index contributed by atoms with van der Waals surface area (Å²) < 4.78 is 56.7.